The minimum Gasteiger partial charge on any atom is -0.369 e. The Balaban J connectivity index is 1.66. The first kappa shape index (κ1) is 13.6. The number of rotatable bonds is 6. The number of amides is 1. The van der Waals surface area contributed by atoms with Crippen molar-refractivity contribution in [2.75, 3.05) is 11.9 Å². The van der Waals surface area contributed by atoms with Crippen LogP contribution in [0.4, 0.5) is 5.82 Å². The molecule has 4 nitrogen and oxygen atoms in total. The maximum atomic E-state index is 11.4. The van der Waals surface area contributed by atoms with Crippen LogP contribution in [0.5, 0.6) is 0 Å². The van der Waals surface area contributed by atoms with Crippen LogP contribution in [-0.2, 0) is 4.79 Å². The maximum absolute atomic E-state index is 11.4. The van der Waals surface area contributed by atoms with Gasteiger partial charge in [-0.2, -0.15) is 0 Å². The normalized spacial score (nSPS) is 14.3. The van der Waals surface area contributed by atoms with E-state index in [4.69, 9.17) is 11.6 Å². The number of nitrogens with zero attached hydrogens (tertiary/aromatic N) is 1. The summed E-state index contributed by atoms with van der Waals surface area (Å²) in [6.07, 6.45) is 5.19. The smallest absolute Gasteiger partial charge is 0.220 e. The fourth-order valence-corrected chi connectivity index (χ4v) is 2.31. The summed E-state index contributed by atoms with van der Waals surface area (Å²) >= 11 is 9.18. The van der Waals surface area contributed by atoms with Gasteiger partial charge in [-0.1, -0.05) is 11.6 Å². The van der Waals surface area contributed by atoms with Crippen LogP contribution in [0.3, 0.4) is 0 Å². The first-order chi connectivity index (χ1) is 8.65. The van der Waals surface area contributed by atoms with Gasteiger partial charge in [0, 0.05) is 25.2 Å². The first-order valence-electron chi connectivity index (χ1n) is 5.99. The Morgan fingerprint density at radius 2 is 2.33 bits per heavy atom. The number of nitrogens with one attached hydrogen (secondary N) is 2. The highest BCUT2D eigenvalue weighted by Gasteiger charge is 2.22. The molecule has 0 saturated heterocycles. The van der Waals surface area contributed by atoms with Crippen molar-refractivity contribution >= 4 is 39.3 Å². The van der Waals surface area contributed by atoms with E-state index < -0.39 is 0 Å². The molecule has 1 aliphatic carbocycles. The van der Waals surface area contributed by atoms with Gasteiger partial charge in [-0.3, -0.25) is 4.79 Å². The van der Waals surface area contributed by atoms with Gasteiger partial charge in [0.1, 0.15) is 5.82 Å². The summed E-state index contributed by atoms with van der Waals surface area (Å²) in [5.74, 6) is 0.893. The molecule has 0 unspecified atom stereocenters. The van der Waals surface area contributed by atoms with Crippen LogP contribution in [0.2, 0.25) is 5.02 Å². The summed E-state index contributed by atoms with van der Waals surface area (Å²) in [5.41, 5.74) is 0. The molecule has 6 heteroatoms. The molecule has 0 bridgehead atoms. The molecule has 1 aromatic heterocycles. The number of hydrogen-bond acceptors (Lipinski definition) is 3. The zero-order valence-electron chi connectivity index (χ0n) is 9.88. The molecule has 1 fully saturated rings. The highest BCUT2D eigenvalue weighted by atomic mass is 79.9. The van der Waals surface area contributed by atoms with Gasteiger partial charge in [0.15, 0.2) is 0 Å². The Kier molecular flexibility index (Phi) is 4.83. The van der Waals surface area contributed by atoms with Gasteiger partial charge >= 0.3 is 0 Å². The van der Waals surface area contributed by atoms with Crippen LogP contribution in [0.25, 0.3) is 0 Å². The largest absolute Gasteiger partial charge is 0.369 e. The average molecular weight is 333 g/mol. The van der Waals surface area contributed by atoms with Gasteiger partial charge in [0.2, 0.25) is 5.91 Å². The number of carbonyl (C=O) groups excluding carboxylic acids is 1. The topological polar surface area (TPSA) is 54.0 Å². The summed E-state index contributed by atoms with van der Waals surface area (Å²) in [6.45, 7) is 0.714. The first-order valence-corrected chi connectivity index (χ1v) is 7.16. The second-order valence-corrected chi connectivity index (χ2v) is 5.65. The summed E-state index contributed by atoms with van der Waals surface area (Å²) in [7, 11) is 0. The predicted octanol–water partition coefficient (Wildman–Crippen LogP) is 2.97. The number of halogens is 2. The van der Waals surface area contributed by atoms with E-state index in [2.05, 4.69) is 31.5 Å². The average Bonchev–Trinajstić information content (AvgIpc) is 3.10. The SMILES string of the molecule is O=C(CCCNc1ncc(Cl)cc1Br)NC1CC1. The number of carbonyl (C=O) groups is 1. The van der Waals surface area contributed by atoms with E-state index in [1.807, 2.05) is 0 Å². The zero-order chi connectivity index (χ0) is 13.0. The summed E-state index contributed by atoms with van der Waals surface area (Å²) < 4.78 is 0.831. The molecule has 2 N–H and O–H groups in total. The highest BCUT2D eigenvalue weighted by molar-refractivity contribution is 9.10. The number of anilines is 1. The molecule has 2 rings (SSSR count). The molecule has 1 amide bonds. The second-order valence-electron chi connectivity index (χ2n) is 4.36. The molecule has 1 aliphatic rings. The van der Waals surface area contributed by atoms with Crippen molar-refractivity contribution in [3.63, 3.8) is 0 Å². The third-order valence-electron chi connectivity index (χ3n) is 2.62. The van der Waals surface area contributed by atoms with E-state index in [0.29, 0.717) is 24.0 Å². The molecule has 0 aliphatic heterocycles. The minimum atomic E-state index is 0.141. The van der Waals surface area contributed by atoms with Crippen molar-refractivity contribution in [2.45, 2.75) is 31.7 Å². The van der Waals surface area contributed by atoms with Crippen molar-refractivity contribution < 1.29 is 4.79 Å². The Bertz CT molecular complexity index is 437. The summed E-state index contributed by atoms with van der Waals surface area (Å²) in [5, 5.41) is 6.72. The van der Waals surface area contributed by atoms with Gasteiger partial charge in [-0.25, -0.2) is 4.98 Å². The molecule has 0 radical (unpaired) electrons. The fourth-order valence-electron chi connectivity index (χ4n) is 1.53. The van der Waals surface area contributed by atoms with E-state index in [-0.39, 0.29) is 5.91 Å². The summed E-state index contributed by atoms with van der Waals surface area (Å²) in [6, 6.07) is 2.23. The van der Waals surface area contributed by atoms with Crippen LogP contribution < -0.4 is 10.6 Å². The third-order valence-corrected chi connectivity index (χ3v) is 3.43. The van der Waals surface area contributed by atoms with E-state index in [0.717, 1.165) is 29.6 Å². The zero-order valence-corrected chi connectivity index (χ0v) is 12.2. The van der Waals surface area contributed by atoms with E-state index in [9.17, 15) is 4.79 Å². The van der Waals surface area contributed by atoms with Crippen LogP contribution in [0.15, 0.2) is 16.7 Å². The standard InChI is InChI=1S/C12H15BrClN3O/c13-10-6-8(14)7-16-12(10)15-5-1-2-11(18)17-9-3-4-9/h6-7,9H,1-5H2,(H,15,16)(H,17,18). The lowest BCUT2D eigenvalue weighted by atomic mass is 10.3. The van der Waals surface area contributed by atoms with Gasteiger partial charge in [0.05, 0.1) is 9.50 Å². The summed E-state index contributed by atoms with van der Waals surface area (Å²) in [4.78, 5) is 15.6. The minimum absolute atomic E-state index is 0.141. The number of pyridine rings is 1. The lowest BCUT2D eigenvalue weighted by molar-refractivity contribution is -0.121. The van der Waals surface area contributed by atoms with Gasteiger partial charge in [0.25, 0.3) is 0 Å². The van der Waals surface area contributed by atoms with Crippen LogP contribution in [0.1, 0.15) is 25.7 Å². The van der Waals surface area contributed by atoms with Crippen molar-refractivity contribution in [2.24, 2.45) is 0 Å². The quantitative estimate of drug-likeness (QED) is 0.788. The Hall–Kier alpha value is -0.810. The molecular weight excluding hydrogens is 318 g/mol. The highest BCUT2D eigenvalue weighted by Crippen LogP contribution is 2.23. The predicted molar refractivity (Wildman–Crippen MR) is 75.8 cm³/mol. The van der Waals surface area contributed by atoms with E-state index in [1.54, 1.807) is 12.3 Å². The molecule has 0 atom stereocenters. The Morgan fingerprint density at radius 1 is 1.56 bits per heavy atom. The van der Waals surface area contributed by atoms with Crippen molar-refractivity contribution in [3.8, 4) is 0 Å². The maximum Gasteiger partial charge on any atom is 0.220 e. The third kappa shape index (κ3) is 4.46. The molecular formula is C12H15BrClN3O. The van der Waals surface area contributed by atoms with Crippen molar-refractivity contribution in [1.82, 2.24) is 10.3 Å². The number of aromatic nitrogens is 1. The molecule has 1 heterocycles. The Morgan fingerprint density at radius 3 is 3.00 bits per heavy atom. The van der Waals surface area contributed by atoms with Crippen molar-refractivity contribution in [3.05, 3.63) is 21.8 Å². The number of hydrogen-bond donors (Lipinski definition) is 2. The van der Waals surface area contributed by atoms with Crippen LogP contribution >= 0.6 is 27.5 Å². The molecule has 0 spiro atoms. The molecule has 0 aromatic carbocycles. The van der Waals surface area contributed by atoms with Gasteiger partial charge < -0.3 is 10.6 Å². The Labute approximate surface area is 120 Å². The molecule has 1 aromatic rings. The monoisotopic (exact) mass is 331 g/mol. The van der Waals surface area contributed by atoms with Crippen LogP contribution in [0, 0.1) is 0 Å². The van der Waals surface area contributed by atoms with Gasteiger partial charge in [-0.05, 0) is 41.3 Å². The van der Waals surface area contributed by atoms with Crippen molar-refractivity contribution in [1.29, 1.82) is 0 Å². The molecule has 98 valence electrons. The van der Waals surface area contributed by atoms with Gasteiger partial charge in [-0.15, -0.1) is 0 Å². The lowest BCUT2D eigenvalue weighted by Crippen LogP contribution is -2.25. The lowest BCUT2D eigenvalue weighted by Gasteiger charge is -2.07. The molecule has 1 saturated carbocycles. The molecule has 18 heavy (non-hydrogen) atoms. The second kappa shape index (κ2) is 6.38. The van der Waals surface area contributed by atoms with Crippen LogP contribution in [-0.4, -0.2) is 23.5 Å². The fraction of sp³-hybridized carbons (Fsp3) is 0.500. The van der Waals surface area contributed by atoms with E-state index >= 15 is 0 Å². The van der Waals surface area contributed by atoms with E-state index in [1.165, 1.54) is 0 Å².